The van der Waals surface area contributed by atoms with E-state index in [0.29, 0.717) is 12.5 Å². The lowest BCUT2D eigenvalue weighted by molar-refractivity contribution is -0.151. The predicted molar refractivity (Wildman–Crippen MR) is 105 cm³/mol. The number of rotatable bonds is 10. The number of alkyl halides is 2. The number of benzene rings is 1. The van der Waals surface area contributed by atoms with Crippen molar-refractivity contribution in [1.29, 1.82) is 0 Å². The van der Waals surface area contributed by atoms with Crippen LogP contribution in [0.5, 0.6) is 5.75 Å². The first-order chi connectivity index (χ1) is 13.7. The van der Waals surface area contributed by atoms with Crippen LogP contribution >= 0.6 is 0 Å². The molecule has 4 unspecified atom stereocenters. The third-order valence-electron chi connectivity index (χ3n) is 5.32. The van der Waals surface area contributed by atoms with Gasteiger partial charge in [-0.05, 0) is 50.8 Å². The van der Waals surface area contributed by atoms with Gasteiger partial charge >= 0.3 is 5.97 Å². The van der Waals surface area contributed by atoms with Gasteiger partial charge in [0.15, 0.2) is 6.61 Å². The molecule has 1 aromatic carbocycles. The van der Waals surface area contributed by atoms with Crippen LogP contribution in [0.25, 0.3) is 0 Å². The van der Waals surface area contributed by atoms with E-state index in [1.807, 2.05) is 0 Å². The monoisotopic (exact) mass is 410 g/mol. The van der Waals surface area contributed by atoms with Crippen LogP contribution in [0.3, 0.4) is 0 Å². The highest BCUT2D eigenvalue weighted by molar-refractivity contribution is 5.78. The highest BCUT2D eigenvalue weighted by Crippen LogP contribution is 2.45. The number of aliphatic carboxylic acids is 1. The number of halogens is 2. The summed E-state index contributed by atoms with van der Waals surface area (Å²) in [4.78, 5) is 12.2. The molecule has 0 amide bonds. The van der Waals surface area contributed by atoms with Crippen molar-refractivity contribution < 1.29 is 33.6 Å². The third kappa shape index (κ3) is 6.11. The summed E-state index contributed by atoms with van der Waals surface area (Å²) in [5, 5.41) is 30.1. The standard InChI is InChI=1S/C22H28F2O5/c1-2-3-7-10-21(20(27)28,18-13-16(25)14-19(18)26)11-12-22(23,24)15-29-17-8-5-4-6-9-17/h2-6,8-9,11-12,16,18-19,25-26H,7,10,13-15H2,1H3,(H,27,28)/b3-2+,12-11+. The summed E-state index contributed by atoms with van der Waals surface area (Å²) >= 11 is 0. The van der Waals surface area contributed by atoms with E-state index < -0.39 is 42.0 Å². The highest BCUT2D eigenvalue weighted by atomic mass is 19.3. The Morgan fingerprint density at radius 2 is 1.90 bits per heavy atom. The molecular formula is C22H28F2O5. The summed E-state index contributed by atoms with van der Waals surface area (Å²) in [5.74, 6) is -5.27. The molecule has 1 aromatic rings. The van der Waals surface area contributed by atoms with E-state index in [9.17, 15) is 28.9 Å². The fourth-order valence-corrected chi connectivity index (χ4v) is 3.78. The summed E-state index contributed by atoms with van der Waals surface area (Å²) in [5.41, 5.74) is -1.72. The van der Waals surface area contributed by atoms with E-state index in [0.717, 1.165) is 6.08 Å². The molecule has 1 fully saturated rings. The molecule has 0 bridgehead atoms. The normalized spacial score (nSPS) is 24.8. The Balaban J connectivity index is 2.25. The fourth-order valence-electron chi connectivity index (χ4n) is 3.78. The van der Waals surface area contributed by atoms with E-state index in [-0.39, 0.29) is 25.0 Å². The molecule has 0 aromatic heterocycles. The molecule has 1 aliphatic carbocycles. The topological polar surface area (TPSA) is 87.0 Å². The van der Waals surface area contributed by atoms with Gasteiger partial charge in [0, 0.05) is 5.92 Å². The van der Waals surface area contributed by atoms with Gasteiger partial charge in [-0.1, -0.05) is 36.4 Å². The Morgan fingerprint density at radius 3 is 2.45 bits per heavy atom. The number of allylic oxidation sites excluding steroid dienone is 2. The fraction of sp³-hybridized carbons (Fsp3) is 0.500. The van der Waals surface area contributed by atoms with Gasteiger partial charge in [0.25, 0.3) is 5.92 Å². The van der Waals surface area contributed by atoms with E-state index in [1.165, 1.54) is 0 Å². The molecule has 1 aliphatic rings. The Kier molecular flexibility index (Phi) is 7.93. The van der Waals surface area contributed by atoms with Gasteiger partial charge in [-0.3, -0.25) is 4.79 Å². The second kappa shape index (κ2) is 9.98. The van der Waals surface area contributed by atoms with Gasteiger partial charge in [-0.25, -0.2) is 0 Å². The van der Waals surface area contributed by atoms with Gasteiger partial charge < -0.3 is 20.1 Å². The average molecular weight is 410 g/mol. The Labute approximate surface area is 169 Å². The van der Waals surface area contributed by atoms with Gasteiger partial charge in [-0.15, -0.1) is 0 Å². The zero-order valence-electron chi connectivity index (χ0n) is 16.4. The van der Waals surface area contributed by atoms with Gasteiger partial charge in [0.05, 0.1) is 17.6 Å². The first kappa shape index (κ1) is 23.0. The van der Waals surface area contributed by atoms with Crippen LogP contribution in [0, 0.1) is 11.3 Å². The zero-order chi connectivity index (χ0) is 21.5. The number of para-hydroxylation sites is 1. The number of carboxylic acids is 1. The van der Waals surface area contributed by atoms with E-state index in [1.54, 1.807) is 49.4 Å². The summed E-state index contributed by atoms with van der Waals surface area (Å²) in [6.45, 7) is 0.843. The highest BCUT2D eigenvalue weighted by Gasteiger charge is 2.51. The SMILES string of the molecule is C/C=C/CCC(/C=C/C(F)(F)COc1ccccc1)(C(=O)O)C1CC(O)CC1O. The van der Waals surface area contributed by atoms with E-state index >= 15 is 0 Å². The lowest BCUT2D eigenvalue weighted by atomic mass is 9.69. The number of carbonyl (C=O) groups is 1. The Morgan fingerprint density at radius 1 is 1.21 bits per heavy atom. The van der Waals surface area contributed by atoms with E-state index in [2.05, 4.69) is 0 Å². The molecular weight excluding hydrogens is 382 g/mol. The van der Waals surface area contributed by atoms with Crippen molar-refractivity contribution in [2.24, 2.45) is 11.3 Å². The lowest BCUT2D eigenvalue weighted by Crippen LogP contribution is -2.41. The molecule has 2 rings (SSSR count). The van der Waals surface area contributed by atoms with Gasteiger partial charge in [0.2, 0.25) is 0 Å². The maximum absolute atomic E-state index is 14.4. The quantitative estimate of drug-likeness (QED) is 0.511. The van der Waals surface area contributed by atoms with Crippen molar-refractivity contribution in [1.82, 2.24) is 0 Å². The van der Waals surface area contributed by atoms with Crippen molar-refractivity contribution in [2.75, 3.05) is 6.61 Å². The predicted octanol–water partition coefficient (Wildman–Crippen LogP) is 3.82. The average Bonchev–Trinajstić information content (AvgIpc) is 3.02. The summed E-state index contributed by atoms with van der Waals surface area (Å²) in [6.07, 6.45) is 3.56. The van der Waals surface area contributed by atoms with Crippen LogP contribution in [-0.4, -0.2) is 46.0 Å². The van der Waals surface area contributed by atoms with Crippen molar-refractivity contribution in [3.8, 4) is 5.75 Å². The first-order valence-corrected chi connectivity index (χ1v) is 9.67. The Hall–Kier alpha value is -2.25. The zero-order valence-corrected chi connectivity index (χ0v) is 16.4. The van der Waals surface area contributed by atoms with Gasteiger partial charge in [-0.2, -0.15) is 8.78 Å². The summed E-state index contributed by atoms with van der Waals surface area (Å²) in [7, 11) is 0. The molecule has 3 N–H and O–H groups in total. The number of hydrogen-bond acceptors (Lipinski definition) is 4. The summed E-state index contributed by atoms with van der Waals surface area (Å²) in [6, 6.07) is 8.15. The first-order valence-electron chi connectivity index (χ1n) is 9.67. The largest absolute Gasteiger partial charge is 0.487 e. The smallest absolute Gasteiger partial charge is 0.313 e. The minimum atomic E-state index is -3.40. The molecule has 4 atom stereocenters. The van der Waals surface area contributed by atoms with Crippen LogP contribution in [0.1, 0.15) is 32.6 Å². The molecule has 1 saturated carbocycles. The molecule has 7 heteroatoms. The van der Waals surface area contributed by atoms with Crippen molar-refractivity contribution >= 4 is 5.97 Å². The number of hydrogen-bond donors (Lipinski definition) is 3. The molecule has 0 saturated heterocycles. The molecule has 0 spiro atoms. The maximum atomic E-state index is 14.4. The molecule has 5 nitrogen and oxygen atoms in total. The lowest BCUT2D eigenvalue weighted by Gasteiger charge is -2.34. The molecule has 29 heavy (non-hydrogen) atoms. The number of aliphatic hydroxyl groups excluding tert-OH is 2. The number of ether oxygens (including phenoxy) is 1. The molecule has 160 valence electrons. The van der Waals surface area contributed by atoms with Crippen LogP contribution in [-0.2, 0) is 4.79 Å². The van der Waals surface area contributed by atoms with Gasteiger partial charge in [0.1, 0.15) is 5.75 Å². The maximum Gasteiger partial charge on any atom is 0.313 e. The number of aliphatic hydroxyl groups is 2. The summed E-state index contributed by atoms with van der Waals surface area (Å²) < 4.78 is 34.0. The van der Waals surface area contributed by atoms with Crippen molar-refractivity contribution in [3.05, 3.63) is 54.6 Å². The molecule has 0 radical (unpaired) electrons. The van der Waals surface area contributed by atoms with Crippen LogP contribution in [0.2, 0.25) is 0 Å². The van der Waals surface area contributed by atoms with E-state index in [4.69, 9.17) is 4.74 Å². The number of carboxylic acid groups (broad SMARTS) is 1. The molecule has 0 heterocycles. The van der Waals surface area contributed by atoms with Crippen LogP contribution in [0.15, 0.2) is 54.6 Å². The molecule has 0 aliphatic heterocycles. The van der Waals surface area contributed by atoms with Crippen molar-refractivity contribution in [3.63, 3.8) is 0 Å². The third-order valence-corrected chi connectivity index (χ3v) is 5.32. The minimum Gasteiger partial charge on any atom is -0.487 e. The minimum absolute atomic E-state index is 0.0324. The van der Waals surface area contributed by atoms with Crippen LogP contribution < -0.4 is 4.74 Å². The van der Waals surface area contributed by atoms with Crippen molar-refractivity contribution in [2.45, 2.75) is 50.7 Å². The Bertz CT molecular complexity index is 719. The second-order valence-electron chi connectivity index (χ2n) is 7.45. The van der Waals surface area contributed by atoms with Crippen LogP contribution in [0.4, 0.5) is 8.78 Å². The second-order valence-corrected chi connectivity index (χ2v) is 7.45.